The van der Waals surface area contributed by atoms with Gasteiger partial charge in [-0.15, -0.1) is 22.7 Å². The number of nitrogens with one attached hydrogen (secondary N) is 1. The molecule has 0 atom stereocenters. The summed E-state index contributed by atoms with van der Waals surface area (Å²) in [7, 11) is 0. The third-order valence-corrected chi connectivity index (χ3v) is 4.27. The van der Waals surface area contributed by atoms with E-state index in [4.69, 9.17) is 0 Å². The first-order valence-corrected chi connectivity index (χ1v) is 7.55. The molecule has 3 nitrogen and oxygen atoms in total. The van der Waals surface area contributed by atoms with Crippen molar-refractivity contribution in [2.24, 2.45) is 0 Å². The topological polar surface area (TPSA) is 42.0 Å². The predicted octanol–water partition coefficient (Wildman–Crippen LogP) is 4.26. The number of anilines is 1. The minimum atomic E-state index is -0.542. The second kappa shape index (κ2) is 5.52. The Balaban J connectivity index is 1.79. The van der Waals surface area contributed by atoms with Crippen LogP contribution in [0.5, 0.6) is 0 Å². The molecule has 0 aliphatic rings. The van der Waals surface area contributed by atoms with Crippen molar-refractivity contribution >= 4 is 33.7 Å². The summed E-state index contributed by atoms with van der Waals surface area (Å²) in [5, 5.41) is 6.90. The fourth-order valence-electron chi connectivity index (χ4n) is 1.68. The summed E-state index contributed by atoms with van der Waals surface area (Å²) >= 11 is 2.90. The minimum Gasteiger partial charge on any atom is -0.298 e. The van der Waals surface area contributed by atoms with Gasteiger partial charge in [0.25, 0.3) is 5.91 Å². The Bertz CT molecular complexity index is 737. The highest BCUT2D eigenvalue weighted by Gasteiger charge is 2.13. The molecular formula is C14H9FN2OS2. The lowest BCUT2D eigenvalue weighted by Gasteiger charge is -2.02. The van der Waals surface area contributed by atoms with Gasteiger partial charge < -0.3 is 0 Å². The normalized spacial score (nSPS) is 10.4. The number of carbonyl (C=O) groups excluding carboxylic acids is 1. The smallest absolute Gasteiger partial charge is 0.260 e. The van der Waals surface area contributed by atoms with Crippen molar-refractivity contribution < 1.29 is 9.18 Å². The Morgan fingerprint density at radius 3 is 2.75 bits per heavy atom. The van der Waals surface area contributed by atoms with Gasteiger partial charge in [-0.2, -0.15) is 0 Å². The predicted molar refractivity (Wildman–Crippen MR) is 79.8 cm³/mol. The van der Waals surface area contributed by atoms with Crippen LogP contribution in [-0.2, 0) is 0 Å². The average Bonchev–Trinajstić information content (AvgIpc) is 3.09. The second-order valence-corrected chi connectivity index (χ2v) is 5.75. The number of nitrogens with zero attached hydrogens (tertiary/aromatic N) is 1. The SMILES string of the molecule is O=C(Nc1nc(-c2cccs2)cs1)c1ccccc1F. The molecule has 0 aliphatic heterocycles. The summed E-state index contributed by atoms with van der Waals surface area (Å²) < 4.78 is 13.5. The monoisotopic (exact) mass is 304 g/mol. The number of benzene rings is 1. The minimum absolute atomic E-state index is 0.0142. The van der Waals surface area contributed by atoms with Gasteiger partial charge in [0.05, 0.1) is 16.1 Å². The third-order valence-electron chi connectivity index (χ3n) is 2.62. The number of thiophene rings is 1. The van der Waals surface area contributed by atoms with Gasteiger partial charge in [0.15, 0.2) is 5.13 Å². The van der Waals surface area contributed by atoms with Gasteiger partial charge >= 0.3 is 0 Å². The van der Waals surface area contributed by atoms with Crippen LogP contribution >= 0.6 is 22.7 Å². The number of halogens is 1. The van der Waals surface area contributed by atoms with Gasteiger partial charge in [0, 0.05) is 5.38 Å². The van der Waals surface area contributed by atoms with Crippen LogP contribution in [-0.4, -0.2) is 10.9 Å². The van der Waals surface area contributed by atoms with Gasteiger partial charge in [0.2, 0.25) is 0 Å². The molecule has 20 heavy (non-hydrogen) atoms. The number of amides is 1. The van der Waals surface area contributed by atoms with E-state index in [-0.39, 0.29) is 5.56 Å². The molecule has 2 heterocycles. The highest BCUT2D eigenvalue weighted by atomic mass is 32.1. The van der Waals surface area contributed by atoms with Gasteiger partial charge in [-0.05, 0) is 23.6 Å². The first-order valence-electron chi connectivity index (χ1n) is 5.79. The van der Waals surface area contributed by atoms with E-state index in [0.717, 1.165) is 10.6 Å². The van der Waals surface area contributed by atoms with Crippen molar-refractivity contribution in [2.75, 3.05) is 5.32 Å². The molecule has 2 aromatic heterocycles. The first-order chi connectivity index (χ1) is 9.74. The van der Waals surface area contributed by atoms with E-state index in [1.54, 1.807) is 23.5 Å². The molecule has 3 aromatic rings. The summed E-state index contributed by atoms with van der Waals surface area (Å²) in [6, 6.07) is 9.77. The molecule has 0 radical (unpaired) electrons. The Labute approximate surface area is 122 Å². The highest BCUT2D eigenvalue weighted by Crippen LogP contribution is 2.28. The van der Waals surface area contributed by atoms with E-state index in [1.807, 2.05) is 22.9 Å². The van der Waals surface area contributed by atoms with E-state index >= 15 is 0 Å². The molecule has 1 N–H and O–H groups in total. The number of hydrogen-bond acceptors (Lipinski definition) is 4. The Hall–Kier alpha value is -2.05. The fraction of sp³-hybridized carbons (Fsp3) is 0. The molecule has 3 rings (SSSR count). The molecule has 100 valence electrons. The zero-order valence-corrected chi connectivity index (χ0v) is 11.8. The maximum Gasteiger partial charge on any atom is 0.260 e. The zero-order chi connectivity index (χ0) is 13.9. The summed E-state index contributed by atoms with van der Waals surface area (Å²) in [5.74, 6) is -1.03. The van der Waals surface area contributed by atoms with Gasteiger partial charge in [-0.3, -0.25) is 10.1 Å². The Morgan fingerprint density at radius 1 is 1.15 bits per heavy atom. The lowest BCUT2D eigenvalue weighted by Crippen LogP contribution is -2.13. The highest BCUT2D eigenvalue weighted by molar-refractivity contribution is 7.16. The molecule has 6 heteroatoms. The number of carbonyl (C=O) groups is 1. The lowest BCUT2D eigenvalue weighted by atomic mass is 10.2. The number of hydrogen-bond donors (Lipinski definition) is 1. The maximum absolute atomic E-state index is 13.5. The summed E-state index contributed by atoms with van der Waals surface area (Å²) in [5.41, 5.74) is 0.828. The molecule has 0 fully saturated rings. The Kier molecular flexibility index (Phi) is 3.58. The van der Waals surface area contributed by atoms with Crippen LogP contribution in [0.15, 0.2) is 47.2 Å². The van der Waals surface area contributed by atoms with Crippen molar-refractivity contribution in [3.63, 3.8) is 0 Å². The van der Waals surface area contributed by atoms with Crippen molar-refractivity contribution in [1.82, 2.24) is 4.98 Å². The molecule has 1 aromatic carbocycles. The number of thiazole rings is 1. The van der Waals surface area contributed by atoms with E-state index in [0.29, 0.717) is 5.13 Å². The number of aromatic nitrogens is 1. The molecular weight excluding hydrogens is 295 g/mol. The van der Waals surface area contributed by atoms with Gasteiger partial charge in [0.1, 0.15) is 5.82 Å². The molecule has 0 bridgehead atoms. The van der Waals surface area contributed by atoms with Crippen LogP contribution in [0.4, 0.5) is 9.52 Å². The van der Waals surface area contributed by atoms with Crippen LogP contribution in [0.3, 0.4) is 0 Å². The molecule has 0 saturated heterocycles. The van der Waals surface area contributed by atoms with E-state index < -0.39 is 11.7 Å². The summed E-state index contributed by atoms with van der Waals surface area (Å²) in [4.78, 5) is 17.3. The maximum atomic E-state index is 13.5. The van der Waals surface area contributed by atoms with E-state index in [1.165, 1.54) is 23.5 Å². The number of rotatable bonds is 3. The van der Waals surface area contributed by atoms with Crippen LogP contribution in [0.2, 0.25) is 0 Å². The van der Waals surface area contributed by atoms with E-state index in [9.17, 15) is 9.18 Å². The van der Waals surface area contributed by atoms with Crippen molar-refractivity contribution in [1.29, 1.82) is 0 Å². The molecule has 0 saturated carbocycles. The largest absolute Gasteiger partial charge is 0.298 e. The standard InChI is InChI=1S/C14H9FN2OS2/c15-10-5-2-1-4-9(10)13(18)17-14-16-11(8-20-14)12-6-3-7-19-12/h1-8H,(H,16,17,18). The third kappa shape index (κ3) is 2.61. The quantitative estimate of drug-likeness (QED) is 0.785. The van der Waals surface area contributed by atoms with Crippen LogP contribution < -0.4 is 5.32 Å². The summed E-state index contributed by atoms with van der Waals surface area (Å²) in [6.45, 7) is 0. The van der Waals surface area contributed by atoms with Crippen LogP contribution in [0.1, 0.15) is 10.4 Å². The lowest BCUT2D eigenvalue weighted by molar-refractivity contribution is 0.102. The van der Waals surface area contributed by atoms with Gasteiger partial charge in [-0.25, -0.2) is 9.37 Å². The first kappa shape index (κ1) is 13.0. The second-order valence-electron chi connectivity index (χ2n) is 3.95. The van der Waals surface area contributed by atoms with Crippen molar-refractivity contribution in [3.05, 3.63) is 58.5 Å². The van der Waals surface area contributed by atoms with Crippen LogP contribution in [0.25, 0.3) is 10.6 Å². The van der Waals surface area contributed by atoms with Gasteiger partial charge in [-0.1, -0.05) is 18.2 Å². The molecule has 0 spiro atoms. The average molecular weight is 304 g/mol. The fourth-order valence-corrected chi connectivity index (χ4v) is 3.14. The zero-order valence-electron chi connectivity index (χ0n) is 10.2. The van der Waals surface area contributed by atoms with Crippen molar-refractivity contribution in [3.8, 4) is 10.6 Å². The summed E-state index contributed by atoms with van der Waals surface area (Å²) in [6.07, 6.45) is 0. The van der Waals surface area contributed by atoms with Crippen molar-refractivity contribution in [2.45, 2.75) is 0 Å². The molecule has 0 unspecified atom stereocenters. The Morgan fingerprint density at radius 2 is 2.00 bits per heavy atom. The van der Waals surface area contributed by atoms with Crippen LogP contribution in [0, 0.1) is 5.82 Å². The van der Waals surface area contributed by atoms with E-state index in [2.05, 4.69) is 10.3 Å². The molecule has 1 amide bonds. The molecule has 0 aliphatic carbocycles.